The number of carbonyl (C=O) groups is 1. The van der Waals surface area contributed by atoms with Crippen LogP contribution in [0.15, 0.2) is 60.7 Å². The molecule has 0 aliphatic rings. The molecular weight excluding hydrogens is 613 g/mol. The minimum absolute atomic E-state index is 0.126. The van der Waals surface area contributed by atoms with Gasteiger partial charge in [0.1, 0.15) is 5.75 Å². The van der Waals surface area contributed by atoms with Crippen LogP contribution in [0.3, 0.4) is 0 Å². The van der Waals surface area contributed by atoms with E-state index < -0.39 is 11.9 Å². The molecule has 3 aromatic rings. The van der Waals surface area contributed by atoms with Crippen molar-refractivity contribution in [2.24, 2.45) is 5.92 Å². The predicted molar refractivity (Wildman–Crippen MR) is 215 cm³/mol. The highest BCUT2D eigenvalue weighted by Gasteiger charge is 2.26. The number of rotatable bonds is 22. The van der Waals surface area contributed by atoms with Gasteiger partial charge in [-0.15, -0.1) is 0 Å². The highest BCUT2D eigenvalue weighted by atomic mass is 16.4. The molecule has 0 fully saturated rings. The molecule has 0 aromatic heterocycles. The zero-order chi connectivity index (χ0) is 36.6. The average molecular weight is 683 g/mol. The van der Waals surface area contributed by atoms with Crippen LogP contribution in [-0.2, 0) is 22.0 Å². The fourth-order valence-electron chi connectivity index (χ4n) is 7.50. The Labute approximate surface area is 306 Å². The average Bonchev–Trinajstić information content (AvgIpc) is 3.07. The first-order valence-corrected chi connectivity index (χ1v) is 20.1. The lowest BCUT2D eigenvalue weighted by molar-refractivity contribution is -0.142. The van der Waals surface area contributed by atoms with Crippen LogP contribution < -0.4 is 0 Å². The van der Waals surface area contributed by atoms with E-state index in [4.69, 9.17) is 0 Å². The van der Waals surface area contributed by atoms with E-state index in [1.165, 1.54) is 89.9 Å². The van der Waals surface area contributed by atoms with Gasteiger partial charge in [-0.2, -0.15) is 0 Å². The Morgan fingerprint density at radius 3 is 1.28 bits per heavy atom. The van der Waals surface area contributed by atoms with Gasteiger partial charge in [0, 0.05) is 11.1 Å². The Hall–Kier alpha value is -3.07. The van der Waals surface area contributed by atoms with Crippen LogP contribution >= 0.6 is 0 Å². The fraction of sp³-hybridized carbons (Fsp3) is 0.596. The third-order valence-corrected chi connectivity index (χ3v) is 10.5. The minimum atomic E-state index is -0.729. The summed E-state index contributed by atoms with van der Waals surface area (Å²) in [5.41, 5.74) is 6.58. The summed E-state index contributed by atoms with van der Waals surface area (Å²) in [6, 6.07) is 20.7. The molecule has 50 heavy (non-hydrogen) atoms. The number of carboxylic acids is 1. The maximum absolute atomic E-state index is 12.6. The second kappa shape index (κ2) is 20.7. The molecule has 3 heteroatoms. The number of phenols is 1. The third kappa shape index (κ3) is 13.2. The monoisotopic (exact) mass is 683 g/mol. The van der Waals surface area contributed by atoms with Crippen molar-refractivity contribution >= 4 is 5.97 Å². The number of aromatic hydroxyl groups is 1. The van der Waals surface area contributed by atoms with E-state index in [9.17, 15) is 15.0 Å². The summed E-state index contributed by atoms with van der Waals surface area (Å²) >= 11 is 0. The number of hydrogen-bond acceptors (Lipinski definition) is 2. The number of benzene rings is 3. The van der Waals surface area contributed by atoms with Gasteiger partial charge in [0.05, 0.1) is 5.92 Å². The zero-order valence-corrected chi connectivity index (χ0v) is 32.9. The summed E-state index contributed by atoms with van der Waals surface area (Å²) < 4.78 is 0. The van der Waals surface area contributed by atoms with E-state index in [1.54, 1.807) is 0 Å². The Morgan fingerprint density at radius 1 is 0.560 bits per heavy atom. The fourth-order valence-corrected chi connectivity index (χ4v) is 7.50. The van der Waals surface area contributed by atoms with Crippen molar-refractivity contribution in [1.82, 2.24) is 0 Å². The Kier molecular flexibility index (Phi) is 17.1. The van der Waals surface area contributed by atoms with Crippen molar-refractivity contribution in [3.63, 3.8) is 0 Å². The molecule has 2 N–H and O–H groups in total. The molecule has 3 rings (SSSR count). The second-order valence-electron chi connectivity index (χ2n) is 17.0. The van der Waals surface area contributed by atoms with Gasteiger partial charge in [-0.05, 0) is 63.6 Å². The molecule has 0 heterocycles. The van der Waals surface area contributed by atoms with Gasteiger partial charge in [0.15, 0.2) is 0 Å². The molecule has 3 aromatic carbocycles. The molecular formula is C47H70O3. The van der Waals surface area contributed by atoms with E-state index in [1.807, 2.05) is 24.3 Å². The molecule has 1 atom stereocenters. The van der Waals surface area contributed by atoms with E-state index >= 15 is 0 Å². The topological polar surface area (TPSA) is 57.5 Å². The third-order valence-electron chi connectivity index (χ3n) is 10.5. The van der Waals surface area contributed by atoms with Crippen LogP contribution in [0.2, 0.25) is 0 Å². The van der Waals surface area contributed by atoms with Crippen LogP contribution in [0.4, 0.5) is 0 Å². The normalized spacial score (nSPS) is 12.7. The summed E-state index contributed by atoms with van der Waals surface area (Å²) in [4.78, 5) is 12.6. The molecule has 0 saturated carbocycles. The van der Waals surface area contributed by atoms with Crippen molar-refractivity contribution in [1.29, 1.82) is 0 Å². The molecule has 0 aliphatic carbocycles. The van der Waals surface area contributed by atoms with Crippen LogP contribution in [0, 0.1) is 5.92 Å². The predicted octanol–water partition coefficient (Wildman–Crippen LogP) is 14.2. The lowest BCUT2D eigenvalue weighted by atomic mass is 9.78. The summed E-state index contributed by atoms with van der Waals surface area (Å²) in [5, 5.41) is 22.3. The largest absolute Gasteiger partial charge is 0.507 e. The summed E-state index contributed by atoms with van der Waals surface area (Å²) in [7, 11) is 0. The molecule has 3 nitrogen and oxygen atoms in total. The maximum Gasteiger partial charge on any atom is 0.306 e. The SMILES string of the molecule is CCCCCCCCCCCCCCCCCCC(Cc1cc(-c2ccccc2C(C)(C)C)c(O)c(-c2ccccc2C(C)(C)C)c1)C(=O)O. The standard InChI is InChI=1S/C47H70O3/c1-8-9-10-11-12-13-14-15-16-17-18-19-20-21-22-23-28-37(45(49)50)33-36-34-40(38-29-24-26-31-42(38)46(2,3)4)44(48)41(35-36)39-30-25-27-32-43(39)47(5,6)7/h24-27,29-32,34-35,37,48H,8-23,28,33H2,1-7H3,(H,49,50). The Balaban J connectivity index is 1.65. The smallest absolute Gasteiger partial charge is 0.306 e. The molecule has 0 aliphatic heterocycles. The van der Waals surface area contributed by atoms with Crippen LogP contribution in [0.25, 0.3) is 22.3 Å². The highest BCUT2D eigenvalue weighted by molar-refractivity contribution is 5.86. The van der Waals surface area contributed by atoms with E-state index in [0.29, 0.717) is 12.8 Å². The maximum atomic E-state index is 12.6. The first-order valence-electron chi connectivity index (χ1n) is 20.1. The quantitative estimate of drug-likeness (QED) is 0.104. The van der Waals surface area contributed by atoms with Crippen molar-refractivity contribution in [2.75, 3.05) is 0 Å². The number of aliphatic carboxylic acids is 1. The zero-order valence-electron chi connectivity index (χ0n) is 32.9. The first kappa shape index (κ1) is 41.4. The van der Waals surface area contributed by atoms with Gasteiger partial charge in [-0.3, -0.25) is 4.79 Å². The second-order valence-corrected chi connectivity index (χ2v) is 17.0. The van der Waals surface area contributed by atoms with Crippen molar-refractivity contribution in [3.05, 3.63) is 77.4 Å². The molecule has 0 bridgehead atoms. The van der Waals surface area contributed by atoms with Gasteiger partial charge in [-0.25, -0.2) is 0 Å². The van der Waals surface area contributed by atoms with Gasteiger partial charge in [0.25, 0.3) is 0 Å². The van der Waals surface area contributed by atoms with Crippen molar-refractivity contribution in [2.45, 2.75) is 175 Å². The Bertz CT molecular complexity index is 1360. The summed E-state index contributed by atoms with van der Waals surface area (Å²) in [6.07, 6.45) is 22.1. The van der Waals surface area contributed by atoms with Gasteiger partial charge < -0.3 is 10.2 Å². The number of hydrogen-bond donors (Lipinski definition) is 2. The van der Waals surface area contributed by atoms with Gasteiger partial charge >= 0.3 is 5.97 Å². The number of phenolic OH excluding ortho intramolecular Hbond substituents is 1. The molecule has 0 saturated heterocycles. The van der Waals surface area contributed by atoms with E-state index in [-0.39, 0.29) is 16.6 Å². The van der Waals surface area contributed by atoms with Gasteiger partial charge in [-0.1, -0.05) is 200 Å². The molecule has 0 spiro atoms. The lowest BCUT2D eigenvalue weighted by Gasteiger charge is -2.26. The van der Waals surface area contributed by atoms with Crippen LogP contribution in [0.1, 0.15) is 174 Å². The lowest BCUT2D eigenvalue weighted by Crippen LogP contribution is -2.17. The molecule has 0 amide bonds. The molecule has 0 radical (unpaired) electrons. The number of unbranched alkanes of at least 4 members (excludes halogenated alkanes) is 15. The van der Waals surface area contributed by atoms with Crippen LogP contribution in [-0.4, -0.2) is 16.2 Å². The summed E-state index contributed by atoms with van der Waals surface area (Å²) in [5.74, 6) is -0.929. The summed E-state index contributed by atoms with van der Waals surface area (Å²) in [6.45, 7) is 15.5. The number of carboxylic acid groups (broad SMARTS) is 1. The Morgan fingerprint density at radius 2 is 0.920 bits per heavy atom. The molecule has 1 unspecified atom stereocenters. The van der Waals surface area contributed by atoms with Crippen molar-refractivity contribution in [3.8, 4) is 28.0 Å². The molecule has 276 valence electrons. The van der Waals surface area contributed by atoms with Crippen molar-refractivity contribution < 1.29 is 15.0 Å². The first-order chi connectivity index (χ1) is 23.8. The minimum Gasteiger partial charge on any atom is -0.507 e. The highest BCUT2D eigenvalue weighted by Crippen LogP contribution is 2.45. The van der Waals surface area contributed by atoms with Crippen LogP contribution in [0.5, 0.6) is 5.75 Å². The van der Waals surface area contributed by atoms with E-state index in [2.05, 4.69) is 84.9 Å². The van der Waals surface area contributed by atoms with E-state index in [0.717, 1.165) is 51.8 Å². The van der Waals surface area contributed by atoms with Gasteiger partial charge in [0.2, 0.25) is 0 Å².